The highest BCUT2D eigenvalue weighted by Crippen LogP contribution is 2.24. The number of benzene rings is 2. The van der Waals surface area contributed by atoms with Gasteiger partial charge in [-0.2, -0.15) is 0 Å². The van der Waals surface area contributed by atoms with E-state index in [0.29, 0.717) is 37.5 Å². The van der Waals surface area contributed by atoms with Crippen molar-refractivity contribution in [3.8, 4) is 5.75 Å². The van der Waals surface area contributed by atoms with Crippen molar-refractivity contribution in [3.63, 3.8) is 0 Å². The normalized spacial score (nSPS) is 16.2. The van der Waals surface area contributed by atoms with E-state index in [4.69, 9.17) is 4.74 Å². The lowest BCUT2D eigenvalue weighted by molar-refractivity contribution is 0.0535. The predicted molar refractivity (Wildman–Crippen MR) is 108 cm³/mol. The van der Waals surface area contributed by atoms with Gasteiger partial charge in [-0.1, -0.05) is 6.07 Å². The monoisotopic (exact) mass is 379 g/mol. The van der Waals surface area contributed by atoms with E-state index in [0.717, 1.165) is 30.6 Å². The van der Waals surface area contributed by atoms with Crippen LogP contribution in [0.5, 0.6) is 5.75 Å². The molecule has 0 aliphatic carbocycles. The first-order chi connectivity index (χ1) is 13.7. The zero-order chi connectivity index (χ0) is 19.5. The van der Waals surface area contributed by atoms with Crippen molar-refractivity contribution in [2.24, 2.45) is 0 Å². The number of anilines is 1. The topological polar surface area (TPSA) is 61.9 Å². The van der Waals surface area contributed by atoms with Crippen LogP contribution in [0.4, 0.5) is 5.69 Å². The summed E-state index contributed by atoms with van der Waals surface area (Å²) in [6.45, 7) is 3.15. The van der Waals surface area contributed by atoms with E-state index in [-0.39, 0.29) is 11.8 Å². The van der Waals surface area contributed by atoms with Gasteiger partial charge in [0, 0.05) is 49.5 Å². The molecule has 1 N–H and O–H groups in total. The molecule has 0 unspecified atom stereocenters. The minimum absolute atomic E-state index is 0.0224. The van der Waals surface area contributed by atoms with Gasteiger partial charge in [0.1, 0.15) is 5.75 Å². The second kappa shape index (κ2) is 7.92. The third-order valence-corrected chi connectivity index (χ3v) is 5.46. The number of ether oxygens (including phenoxy) is 1. The number of methoxy groups -OCH3 is 1. The SMILES string of the molecule is COc1cccc(C(=O)N2CCN(C(=O)c3ccc4c(c3)CCCN4)CC2)c1. The Labute approximate surface area is 165 Å². The van der Waals surface area contributed by atoms with Gasteiger partial charge in [0.25, 0.3) is 11.8 Å². The van der Waals surface area contributed by atoms with Crippen LogP contribution in [0.3, 0.4) is 0 Å². The van der Waals surface area contributed by atoms with E-state index < -0.39 is 0 Å². The third kappa shape index (κ3) is 3.67. The molecule has 2 aromatic carbocycles. The van der Waals surface area contributed by atoms with Crippen LogP contribution in [0.1, 0.15) is 32.7 Å². The van der Waals surface area contributed by atoms with Gasteiger partial charge in [-0.25, -0.2) is 0 Å². The third-order valence-electron chi connectivity index (χ3n) is 5.46. The van der Waals surface area contributed by atoms with E-state index in [9.17, 15) is 9.59 Å². The fourth-order valence-corrected chi connectivity index (χ4v) is 3.84. The van der Waals surface area contributed by atoms with E-state index in [1.807, 2.05) is 35.2 Å². The van der Waals surface area contributed by atoms with Gasteiger partial charge in [-0.3, -0.25) is 9.59 Å². The molecule has 0 spiro atoms. The van der Waals surface area contributed by atoms with Crippen molar-refractivity contribution in [2.75, 3.05) is 45.2 Å². The number of nitrogens with one attached hydrogen (secondary N) is 1. The minimum Gasteiger partial charge on any atom is -0.497 e. The fraction of sp³-hybridized carbons (Fsp3) is 0.364. The minimum atomic E-state index is -0.0224. The highest BCUT2D eigenvalue weighted by Gasteiger charge is 2.26. The maximum absolute atomic E-state index is 12.9. The van der Waals surface area contributed by atoms with Gasteiger partial charge < -0.3 is 19.9 Å². The van der Waals surface area contributed by atoms with Gasteiger partial charge >= 0.3 is 0 Å². The molecule has 4 rings (SSSR count). The number of piperazine rings is 1. The number of amides is 2. The number of hydrogen-bond donors (Lipinski definition) is 1. The summed E-state index contributed by atoms with van der Waals surface area (Å²) < 4.78 is 5.20. The maximum Gasteiger partial charge on any atom is 0.254 e. The van der Waals surface area contributed by atoms with Crippen molar-refractivity contribution in [3.05, 3.63) is 59.2 Å². The summed E-state index contributed by atoms with van der Waals surface area (Å²) in [5.41, 5.74) is 3.69. The van der Waals surface area contributed by atoms with Gasteiger partial charge in [0.2, 0.25) is 0 Å². The Balaban J connectivity index is 1.39. The van der Waals surface area contributed by atoms with Crippen LogP contribution in [0.15, 0.2) is 42.5 Å². The molecule has 2 aliphatic heterocycles. The summed E-state index contributed by atoms with van der Waals surface area (Å²) in [4.78, 5) is 29.3. The van der Waals surface area contributed by atoms with Crippen LogP contribution in [-0.2, 0) is 6.42 Å². The number of carbonyl (C=O) groups excluding carboxylic acids is 2. The summed E-state index contributed by atoms with van der Waals surface area (Å²) in [6, 6.07) is 13.1. The van der Waals surface area contributed by atoms with Crippen LogP contribution >= 0.6 is 0 Å². The number of nitrogens with zero attached hydrogens (tertiary/aromatic N) is 2. The molecular formula is C22H25N3O3. The largest absolute Gasteiger partial charge is 0.497 e. The van der Waals surface area contributed by atoms with Crippen molar-refractivity contribution in [1.29, 1.82) is 0 Å². The lowest BCUT2D eigenvalue weighted by Crippen LogP contribution is -2.50. The van der Waals surface area contributed by atoms with Gasteiger partial charge in [0.05, 0.1) is 7.11 Å². The zero-order valence-electron chi connectivity index (χ0n) is 16.1. The summed E-state index contributed by atoms with van der Waals surface area (Å²) in [7, 11) is 1.59. The summed E-state index contributed by atoms with van der Waals surface area (Å²) in [5.74, 6) is 0.689. The fourth-order valence-electron chi connectivity index (χ4n) is 3.84. The smallest absolute Gasteiger partial charge is 0.254 e. The molecule has 6 nitrogen and oxygen atoms in total. The average molecular weight is 379 g/mol. The molecule has 0 radical (unpaired) electrons. The molecule has 28 heavy (non-hydrogen) atoms. The number of carbonyl (C=O) groups is 2. The van der Waals surface area contributed by atoms with E-state index >= 15 is 0 Å². The molecule has 1 fully saturated rings. The molecule has 0 saturated carbocycles. The van der Waals surface area contributed by atoms with Crippen molar-refractivity contribution in [1.82, 2.24) is 9.80 Å². The first-order valence-electron chi connectivity index (χ1n) is 9.75. The van der Waals surface area contributed by atoms with E-state index in [1.54, 1.807) is 24.1 Å². The molecule has 0 bridgehead atoms. The Bertz CT molecular complexity index is 888. The average Bonchev–Trinajstić information content (AvgIpc) is 2.78. The Morgan fingerprint density at radius 2 is 1.61 bits per heavy atom. The Kier molecular flexibility index (Phi) is 5.19. The van der Waals surface area contributed by atoms with Crippen molar-refractivity contribution >= 4 is 17.5 Å². The Morgan fingerprint density at radius 3 is 2.29 bits per heavy atom. The number of aryl methyl sites for hydroxylation is 1. The summed E-state index contributed by atoms with van der Waals surface area (Å²) >= 11 is 0. The number of rotatable bonds is 3. The second-order valence-electron chi connectivity index (χ2n) is 7.22. The predicted octanol–water partition coefficient (Wildman–Crippen LogP) is 2.65. The van der Waals surface area contributed by atoms with Gasteiger partial charge in [0.15, 0.2) is 0 Å². The van der Waals surface area contributed by atoms with Crippen molar-refractivity contribution in [2.45, 2.75) is 12.8 Å². The highest BCUT2D eigenvalue weighted by molar-refractivity contribution is 5.96. The zero-order valence-corrected chi connectivity index (χ0v) is 16.1. The standard InChI is InChI=1S/C22H25N3O3/c1-28-19-6-2-4-17(15-19)21(26)24-10-12-25(13-11-24)22(27)18-7-8-20-16(14-18)5-3-9-23-20/h2,4,6-8,14-15,23H,3,5,9-13H2,1H3. The second-order valence-corrected chi connectivity index (χ2v) is 7.22. The molecule has 0 aromatic heterocycles. The molecule has 2 amide bonds. The molecule has 0 atom stereocenters. The molecule has 1 saturated heterocycles. The van der Waals surface area contributed by atoms with Gasteiger partial charge in [-0.05, 0) is 54.8 Å². The van der Waals surface area contributed by atoms with Gasteiger partial charge in [-0.15, -0.1) is 0 Å². The van der Waals surface area contributed by atoms with Crippen LogP contribution < -0.4 is 10.1 Å². The molecule has 2 aliphatic rings. The first-order valence-corrected chi connectivity index (χ1v) is 9.75. The molecule has 146 valence electrons. The highest BCUT2D eigenvalue weighted by atomic mass is 16.5. The summed E-state index contributed by atoms with van der Waals surface area (Å²) in [6.07, 6.45) is 2.10. The number of fused-ring (bicyclic) bond motifs is 1. The number of hydrogen-bond acceptors (Lipinski definition) is 4. The molecular weight excluding hydrogens is 354 g/mol. The van der Waals surface area contributed by atoms with Crippen LogP contribution in [-0.4, -0.2) is 61.4 Å². The first kappa shape index (κ1) is 18.3. The molecule has 2 aromatic rings. The Morgan fingerprint density at radius 1 is 0.929 bits per heavy atom. The Hall–Kier alpha value is -3.02. The lowest BCUT2D eigenvalue weighted by atomic mass is 10.00. The van der Waals surface area contributed by atoms with Crippen LogP contribution in [0, 0.1) is 0 Å². The summed E-state index contributed by atoms with van der Waals surface area (Å²) in [5, 5.41) is 3.37. The van der Waals surface area contributed by atoms with Crippen LogP contribution in [0.2, 0.25) is 0 Å². The molecule has 6 heteroatoms. The van der Waals surface area contributed by atoms with E-state index in [1.165, 1.54) is 5.56 Å². The maximum atomic E-state index is 12.9. The quantitative estimate of drug-likeness (QED) is 0.891. The van der Waals surface area contributed by atoms with Crippen LogP contribution in [0.25, 0.3) is 0 Å². The molecule has 2 heterocycles. The lowest BCUT2D eigenvalue weighted by Gasteiger charge is -2.35. The van der Waals surface area contributed by atoms with Crippen molar-refractivity contribution < 1.29 is 14.3 Å². The van der Waals surface area contributed by atoms with E-state index in [2.05, 4.69) is 5.32 Å².